The number of ketones is 1. The van der Waals surface area contributed by atoms with Crippen molar-refractivity contribution in [3.63, 3.8) is 0 Å². The normalized spacial score (nSPS) is 11.5. The smallest absolute Gasteiger partial charge is 0.340 e. The van der Waals surface area contributed by atoms with E-state index >= 15 is 0 Å². The van der Waals surface area contributed by atoms with Crippen LogP contribution in [0, 0.1) is 0 Å². The van der Waals surface area contributed by atoms with Crippen LogP contribution < -0.4 is 0 Å². The van der Waals surface area contributed by atoms with Crippen molar-refractivity contribution in [3.05, 3.63) is 62.6 Å². The Balaban J connectivity index is 2.22. The van der Waals surface area contributed by atoms with Gasteiger partial charge in [-0.3, -0.25) is 4.79 Å². The largest absolute Gasteiger partial charge is 0.454 e. The van der Waals surface area contributed by atoms with Crippen molar-refractivity contribution in [1.29, 1.82) is 0 Å². The number of carbonyl (C=O) groups is 2. The van der Waals surface area contributed by atoms with Gasteiger partial charge >= 0.3 is 5.97 Å². The topological polar surface area (TPSA) is 80.8 Å². The SMILES string of the molecule is CCN(CC)S(=O)(=O)c1ccc(Cl)c(C(=O)OCC(=O)c2ccc(Cl)cc2Cl)c1. The summed E-state index contributed by atoms with van der Waals surface area (Å²) < 4.78 is 31.6. The molecule has 156 valence electrons. The van der Waals surface area contributed by atoms with Crippen molar-refractivity contribution in [1.82, 2.24) is 4.31 Å². The van der Waals surface area contributed by atoms with Gasteiger partial charge in [-0.1, -0.05) is 48.7 Å². The molecule has 10 heteroatoms. The van der Waals surface area contributed by atoms with Crippen molar-refractivity contribution >= 4 is 56.6 Å². The molecule has 0 aliphatic heterocycles. The predicted molar refractivity (Wildman–Crippen MR) is 113 cm³/mol. The number of Topliss-reactive ketones (excluding diaryl/α,β-unsaturated/α-hetero) is 1. The second-order valence-electron chi connectivity index (χ2n) is 5.85. The quantitative estimate of drug-likeness (QED) is 0.405. The van der Waals surface area contributed by atoms with Gasteiger partial charge in [0, 0.05) is 23.7 Å². The number of hydrogen-bond donors (Lipinski definition) is 0. The van der Waals surface area contributed by atoms with Crippen molar-refractivity contribution in [2.75, 3.05) is 19.7 Å². The van der Waals surface area contributed by atoms with E-state index in [4.69, 9.17) is 39.5 Å². The first-order chi connectivity index (χ1) is 13.6. The minimum absolute atomic E-state index is 0.00507. The van der Waals surface area contributed by atoms with Gasteiger partial charge in [-0.25, -0.2) is 13.2 Å². The highest BCUT2D eigenvalue weighted by Crippen LogP contribution is 2.25. The van der Waals surface area contributed by atoms with Gasteiger partial charge in [0.15, 0.2) is 6.61 Å². The van der Waals surface area contributed by atoms with Crippen molar-refractivity contribution in [2.24, 2.45) is 0 Å². The number of esters is 1. The van der Waals surface area contributed by atoms with Crippen LogP contribution in [-0.2, 0) is 14.8 Å². The molecule has 0 radical (unpaired) electrons. The van der Waals surface area contributed by atoms with E-state index in [0.29, 0.717) is 5.02 Å². The molecule has 0 aromatic heterocycles. The zero-order valence-electron chi connectivity index (χ0n) is 15.6. The van der Waals surface area contributed by atoms with Crippen LogP contribution in [-0.4, -0.2) is 44.2 Å². The Labute approximate surface area is 184 Å². The van der Waals surface area contributed by atoms with Gasteiger partial charge in [0.05, 0.1) is 20.5 Å². The fraction of sp³-hybridized carbons (Fsp3) is 0.263. The molecule has 0 aliphatic rings. The molecule has 0 saturated heterocycles. The van der Waals surface area contributed by atoms with E-state index in [1.165, 1.54) is 34.6 Å². The lowest BCUT2D eigenvalue weighted by Gasteiger charge is -2.19. The number of nitrogens with zero attached hydrogens (tertiary/aromatic N) is 1. The van der Waals surface area contributed by atoms with E-state index in [2.05, 4.69) is 0 Å². The monoisotopic (exact) mass is 477 g/mol. The van der Waals surface area contributed by atoms with Crippen LogP contribution >= 0.6 is 34.8 Å². The molecule has 6 nitrogen and oxygen atoms in total. The lowest BCUT2D eigenvalue weighted by atomic mass is 10.1. The molecule has 0 amide bonds. The van der Waals surface area contributed by atoms with E-state index in [1.54, 1.807) is 13.8 Å². The van der Waals surface area contributed by atoms with Crippen LogP contribution in [0.4, 0.5) is 0 Å². The summed E-state index contributed by atoms with van der Waals surface area (Å²) in [5.41, 5.74) is -0.0114. The van der Waals surface area contributed by atoms with Gasteiger partial charge in [-0.15, -0.1) is 0 Å². The average Bonchev–Trinajstić information content (AvgIpc) is 2.66. The average molecular weight is 479 g/mol. The van der Waals surface area contributed by atoms with Crippen molar-refractivity contribution < 1.29 is 22.7 Å². The van der Waals surface area contributed by atoms with Crippen LogP contribution in [0.3, 0.4) is 0 Å². The first kappa shape index (κ1) is 23.6. The summed E-state index contributed by atoms with van der Waals surface area (Å²) >= 11 is 17.8. The molecule has 0 unspecified atom stereocenters. The maximum absolute atomic E-state index is 12.6. The van der Waals surface area contributed by atoms with E-state index < -0.39 is 28.4 Å². The molecular weight excluding hydrogens is 461 g/mol. The number of halogens is 3. The van der Waals surface area contributed by atoms with Crippen LogP contribution in [0.5, 0.6) is 0 Å². The highest BCUT2D eigenvalue weighted by molar-refractivity contribution is 7.89. The van der Waals surface area contributed by atoms with Crippen molar-refractivity contribution in [3.8, 4) is 0 Å². The molecule has 0 heterocycles. The molecule has 2 aromatic carbocycles. The summed E-state index contributed by atoms with van der Waals surface area (Å²) in [7, 11) is -3.79. The maximum atomic E-state index is 12.6. The zero-order valence-corrected chi connectivity index (χ0v) is 18.7. The summed E-state index contributed by atoms with van der Waals surface area (Å²) in [5.74, 6) is -1.46. The molecular formula is C19H18Cl3NO5S. The van der Waals surface area contributed by atoms with Gasteiger partial charge in [-0.2, -0.15) is 4.31 Å². The minimum atomic E-state index is -3.79. The van der Waals surface area contributed by atoms with Crippen LogP contribution in [0.2, 0.25) is 15.1 Å². The predicted octanol–water partition coefficient (Wildman–Crippen LogP) is 4.72. The minimum Gasteiger partial charge on any atom is -0.454 e. The molecule has 0 atom stereocenters. The summed E-state index contributed by atoms with van der Waals surface area (Å²) in [4.78, 5) is 24.6. The number of sulfonamides is 1. The number of benzene rings is 2. The zero-order chi connectivity index (χ0) is 21.8. The molecule has 0 spiro atoms. The number of rotatable bonds is 8. The van der Waals surface area contributed by atoms with Crippen LogP contribution in [0.25, 0.3) is 0 Å². The molecule has 29 heavy (non-hydrogen) atoms. The fourth-order valence-corrected chi connectivity index (χ4v) is 4.73. The summed E-state index contributed by atoms with van der Waals surface area (Å²) in [5, 5.41) is 0.496. The Morgan fingerprint density at radius 2 is 1.59 bits per heavy atom. The van der Waals surface area contributed by atoms with Crippen LogP contribution in [0.1, 0.15) is 34.6 Å². The third kappa shape index (κ3) is 5.49. The Morgan fingerprint density at radius 1 is 0.931 bits per heavy atom. The second-order valence-corrected chi connectivity index (χ2v) is 9.04. The Hall–Kier alpha value is -1.64. The number of ether oxygens (including phenoxy) is 1. The Bertz CT molecular complexity index is 1040. The highest BCUT2D eigenvalue weighted by Gasteiger charge is 2.24. The van der Waals surface area contributed by atoms with E-state index in [9.17, 15) is 18.0 Å². The molecule has 0 aliphatic carbocycles. The van der Waals surface area contributed by atoms with Gasteiger partial charge < -0.3 is 4.74 Å². The highest BCUT2D eigenvalue weighted by atomic mass is 35.5. The summed E-state index contributed by atoms with van der Waals surface area (Å²) in [6.07, 6.45) is 0. The van der Waals surface area contributed by atoms with E-state index in [-0.39, 0.29) is 39.2 Å². The summed E-state index contributed by atoms with van der Waals surface area (Å²) in [6.45, 7) is 3.37. The number of hydrogen-bond acceptors (Lipinski definition) is 5. The molecule has 2 rings (SSSR count). The summed E-state index contributed by atoms with van der Waals surface area (Å²) in [6, 6.07) is 8.05. The van der Waals surface area contributed by atoms with E-state index in [1.807, 2.05) is 0 Å². The van der Waals surface area contributed by atoms with Gasteiger partial charge in [0.25, 0.3) is 0 Å². The first-order valence-electron chi connectivity index (χ1n) is 8.56. The molecule has 0 fully saturated rings. The third-order valence-electron chi connectivity index (χ3n) is 4.07. The van der Waals surface area contributed by atoms with Gasteiger partial charge in [0.1, 0.15) is 0 Å². The maximum Gasteiger partial charge on any atom is 0.340 e. The molecule has 2 aromatic rings. The lowest BCUT2D eigenvalue weighted by molar-refractivity contribution is 0.0474. The fourth-order valence-electron chi connectivity index (χ4n) is 2.54. The van der Waals surface area contributed by atoms with Gasteiger partial charge in [-0.05, 0) is 36.4 Å². The molecule has 0 bridgehead atoms. The lowest BCUT2D eigenvalue weighted by Crippen LogP contribution is -2.30. The van der Waals surface area contributed by atoms with Crippen molar-refractivity contribution in [2.45, 2.75) is 18.7 Å². The third-order valence-corrected chi connectivity index (χ3v) is 6.99. The first-order valence-corrected chi connectivity index (χ1v) is 11.1. The number of carbonyl (C=O) groups excluding carboxylic acids is 2. The van der Waals surface area contributed by atoms with Crippen LogP contribution in [0.15, 0.2) is 41.3 Å². The molecule has 0 N–H and O–H groups in total. The van der Waals surface area contributed by atoms with Gasteiger partial charge in [0.2, 0.25) is 15.8 Å². The Morgan fingerprint density at radius 3 is 2.17 bits per heavy atom. The molecule has 0 saturated carbocycles. The van der Waals surface area contributed by atoms with E-state index in [0.717, 1.165) is 6.07 Å². The second kappa shape index (κ2) is 9.91. The Kier molecular flexibility index (Phi) is 8.08. The standard InChI is InChI=1S/C19H18Cl3NO5S/c1-3-23(4-2)29(26,27)13-6-8-16(21)15(10-13)19(25)28-11-18(24)14-7-5-12(20)9-17(14)22/h5-10H,3-4,11H2,1-2H3.